The lowest BCUT2D eigenvalue weighted by molar-refractivity contribution is 0.0716. The number of aromatic nitrogens is 2. The molecule has 2 aliphatic rings. The Morgan fingerprint density at radius 3 is 2.68 bits per heavy atom. The number of carbonyl (C=O) groups is 1. The number of nitrogens with zero attached hydrogens (tertiary/aromatic N) is 4. The van der Waals surface area contributed by atoms with Gasteiger partial charge in [-0.3, -0.25) is 23.9 Å². The van der Waals surface area contributed by atoms with Gasteiger partial charge in [0.2, 0.25) is 0 Å². The molecule has 0 unspecified atom stereocenters. The third-order valence-corrected chi connectivity index (χ3v) is 8.28. The minimum Gasteiger partial charge on any atom is -0.391 e. The van der Waals surface area contributed by atoms with Gasteiger partial charge in [0.05, 0.1) is 29.4 Å². The average molecular weight is 514 g/mol. The summed E-state index contributed by atoms with van der Waals surface area (Å²) < 4.78 is 1.57. The van der Waals surface area contributed by atoms with Gasteiger partial charge in [-0.2, -0.15) is 5.26 Å². The second-order valence-electron chi connectivity index (χ2n) is 10.9. The van der Waals surface area contributed by atoms with Crippen LogP contribution in [0.4, 0.5) is 0 Å². The molecule has 3 aromatic heterocycles. The van der Waals surface area contributed by atoms with E-state index >= 15 is 0 Å². The number of nitriles is 1. The molecule has 2 N–H and O–H groups in total. The Bertz CT molecular complexity index is 1450. The van der Waals surface area contributed by atoms with Gasteiger partial charge in [0, 0.05) is 32.0 Å². The lowest BCUT2D eigenvalue weighted by Gasteiger charge is -2.37. The van der Waals surface area contributed by atoms with E-state index in [9.17, 15) is 20.0 Å². The molecule has 1 saturated heterocycles. The van der Waals surface area contributed by atoms with Crippen molar-refractivity contribution in [1.82, 2.24) is 19.6 Å². The van der Waals surface area contributed by atoms with Crippen molar-refractivity contribution in [2.45, 2.75) is 76.5 Å². The van der Waals surface area contributed by atoms with Gasteiger partial charge in [0.25, 0.3) is 11.5 Å². The van der Waals surface area contributed by atoms with Crippen LogP contribution >= 0.6 is 0 Å². The highest BCUT2D eigenvalue weighted by Crippen LogP contribution is 2.35. The molecule has 8 nitrogen and oxygen atoms in total. The van der Waals surface area contributed by atoms with Crippen molar-refractivity contribution < 1.29 is 9.90 Å². The fourth-order valence-electron chi connectivity index (χ4n) is 5.99. The molecular weight excluding hydrogens is 478 g/mol. The number of pyridine rings is 3. The second-order valence-corrected chi connectivity index (χ2v) is 10.9. The lowest BCUT2D eigenvalue weighted by Crippen LogP contribution is -2.46. The second kappa shape index (κ2) is 10.7. The number of aryl methyl sites for hydroxylation is 2. The number of nitrogens with one attached hydrogen (secondary N) is 1. The molecule has 1 aliphatic carbocycles. The van der Waals surface area contributed by atoms with E-state index in [1.54, 1.807) is 22.9 Å². The molecule has 8 heteroatoms. The summed E-state index contributed by atoms with van der Waals surface area (Å²) in [6.45, 7) is 5.95. The van der Waals surface area contributed by atoms with Gasteiger partial charge in [0.1, 0.15) is 11.0 Å². The molecule has 1 amide bonds. The van der Waals surface area contributed by atoms with E-state index in [0.717, 1.165) is 40.7 Å². The van der Waals surface area contributed by atoms with E-state index in [1.807, 2.05) is 38.1 Å². The number of rotatable bonds is 5. The van der Waals surface area contributed by atoms with Crippen LogP contribution in [0.3, 0.4) is 0 Å². The molecule has 5 rings (SSSR count). The summed E-state index contributed by atoms with van der Waals surface area (Å²) in [7, 11) is 0. The number of carbonyl (C=O) groups excluding carboxylic acids is 1. The highest BCUT2D eigenvalue weighted by atomic mass is 16.3. The summed E-state index contributed by atoms with van der Waals surface area (Å²) in [4.78, 5) is 33.5. The predicted octanol–water partition coefficient (Wildman–Crippen LogP) is 3.40. The maximum absolute atomic E-state index is 13.4. The molecule has 0 radical (unpaired) electrons. The molecule has 0 spiro atoms. The zero-order valence-corrected chi connectivity index (χ0v) is 22.1. The van der Waals surface area contributed by atoms with E-state index in [0.29, 0.717) is 45.3 Å². The Morgan fingerprint density at radius 2 is 1.97 bits per heavy atom. The van der Waals surface area contributed by atoms with Crippen molar-refractivity contribution >= 4 is 11.4 Å². The summed E-state index contributed by atoms with van der Waals surface area (Å²) in [6.07, 6.45) is 7.47. The molecule has 4 heterocycles. The normalized spacial score (nSPS) is 21.6. The van der Waals surface area contributed by atoms with E-state index < -0.39 is 17.4 Å². The van der Waals surface area contributed by atoms with Crippen LogP contribution in [0, 0.1) is 25.2 Å². The number of hydrogen-bond acceptors (Lipinski definition) is 6. The van der Waals surface area contributed by atoms with E-state index in [2.05, 4.69) is 21.3 Å². The Labute approximate surface area is 222 Å². The molecule has 198 valence electrons. The highest BCUT2D eigenvalue weighted by Gasteiger charge is 2.38. The SMILES string of the molecule is Cc1ccnc(C2(C#N)CCN(Cc3cc(C(=O)N[C@H]4CCCC[C@@H]4O)c(=O)n4cccc(C)c34)CC2)c1. The third-order valence-electron chi connectivity index (χ3n) is 8.28. The lowest BCUT2D eigenvalue weighted by atomic mass is 9.76. The predicted molar refractivity (Wildman–Crippen MR) is 145 cm³/mol. The number of aliphatic hydroxyl groups is 1. The zero-order chi connectivity index (χ0) is 26.9. The molecule has 2 atom stereocenters. The average Bonchev–Trinajstić information content (AvgIpc) is 2.92. The van der Waals surface area contributed by atoms with E-state index in [-0.39, 0.29) is 17.2 Å². The highest BCUT2D eigenvalue weighted by molar-refractivity contribution is 5.95. The van der Waals surface area contributed by atoms with Crippen LogP contribution in [0.15, 0.2) is 47.5 Å². The van der Waals surface area contributed by atoms with Crippen molar-refractivity contribution in [3.05, 3.63) is 81.0 Å². The first-order valence-electron chi connectivity index (χ1n) is 13.5. The fourth-order valence-corrected chi connectivity index (χ4v) is 5.99. The van der Waals surface area contributed by atoms with Gasteiger partial charge < -0.3 is 10.4 Å². The molecule has 3 aromatic rings. The first-order chi connectivity index (χ1) is 18.3. The maximum Gasteiger partial charge on any atom is 0.267 e. The summed E-state index contributed by atoms with van der Waals surface area (Å²) in [5.41, 5.74) is 3.71. The zero-order valence-electron chi connectivity index (χ0n) is 22.1. The first kappa shape index (κ1) is 26.1. The number of aliphatic hydroxyl groups excluding tert-OH is 1. The van der Waals surface area contributed by atoms with Gasteiger partial charge in [-0.05, 0) is 80.5 Å². The number of likely N-dealkylation sites (tertiary alicyclic amines) is 1. The molecule has 0 aromatic carbocycles. The number of hydrogen-bond donors (Lipinski definition) is 2. The minimum atomic E-state index is -0.611. The molecule has 2 fully saturated rings. The number of amides is 1. The molecule has 38 heavy (non-hydrogen) atoms. The van der Waals surface area contributed by atoms with Gasteiger partial charge in [-0.25, -0.2) is 0 Å². The van der Waals surface area contributed by atoms with Crippen LogP contribution in [-0.4, -0.2) is 50.5 Å². The third kappa shape index (κ3) is 4.96. The number of fused-ring (bicyclic) bond motifs is 1. The van der Waals surface area contributed by atoms with Gasteiger partial charge in [-0.15, -0.1) is 0 Å². The fraction of sp³-hybridized carbons (Fsp3) is 0.467. The van der Waals surface area contributed by atoms with Crippen LogP contribution in [0.2, 0.25) is 0 Å². The number of piperidine rings is 1. The smallest absolute Gasteiger partial charge is 0.267 e. The summed E-state index contributed by atoms with van der Waals surface area (Å²) in [5.74, 6) is -0.439. The first-order valence-corrected chi connectivity index (χ1v) is 13.5. The van der Waals surface area contributed by atoms with E-state index in [1.165, 1.54) is 0 Å². The van der Waals surface area contributed by atoms with Crippen molar-refractivity contribution in [3.8, 4) is 6.07 Å². The monoisotopic (exact) mass is 513 g/mol. The molecule has 1 saturated carbocycles. The molecule has 1 aliphatic heterocycles. The molecular formula is C30H35N5O3. The van der Waals surface area contributed by atoms with Crippen LogP contribution in [0.25, 0.3) is 5.52 Å². The van der Waals surface area contributed by atoms with Crippen LogP contribution in [0.1, 0.15) is 71.3 Å². The largest absolute Gasteiger partial charge is 0.391 e. The van der Waals surface area contributed by atoms with Crippen molar-refractivity contribution in [3.63, 3.8) is 0 Å². The van der Waals surface area contributed by atoms with Crippen LogP contribution in [-0.2, 0) is 12.0 Å². The van der Waals surface area contributed by atoms with Gasteiger partial charge in [0.15, 0.2) is 0 Å². The Kier molecular flexibility index (Phi) is 7.33. The summed E-state index contributed by atoms with van der Waals surface area (Å²) in [6, 6.07) is 11.7. The van der Waals surface area contributed by atoms with Crippen molar-refractivity contribution in [2.75, 3.05) is 13.1 Å². The van der Waals surface area contributed by atoms with E-state index in [4.69, 9.17) is 0 Å². The topological polar surface area (TPSA) is 111 Å². The Balaban J connectivity index is 1.42. The standard InChI is InChI=1S/C30H35N5O3/c1-20-9-12-32-26(16-20)30(19-31)10-14-34(15-11-30)18-22-17-23(28(37)33-24-7-3-4-8-25(24)36)29(38)35-13-5-6-21(2)27(22)35/h5-6,9,12-13,16-17,24-25,36H,3-4,7-8,10-11,14-15,18H2,1-2H3,(H,33,37)/t24-,25-/m0/s1. The van der Waals surface area contributed by atoms with Gasteiger partial charge in [-0.1, -0.05) is 18.9 Å². The Morgan fingerprint density at radius 1 is 1.21 bits per heavy atom. The maximum atomic E-state index is 13.4. The van der Waals surface area contributed by atoms with Crippen molar-refractivity contribution in [2.24, 2.45) is 0 Å². The van der Waals surface area contributed by atoms with Crippen LogP contribution < -0.4 is 10.9 Å². The van der Waals surface area contributed by atoms with Crippen LogP contribution in [0.5, 0.6) is 0 Å². The van der Waals surface area contributed by atoms with Crippen molar-refractivity contribution in [1.29, 1.82) is 5.26 Å². The summed E-state index contributed by atoms with van der Waals surface area (Å²) >= 11 is 0. The summed E-state index contributed by atoms with van der Waals surface area (Å²) in [5, 5.41) is 23.4. The quantitative estimate of drug-likeness (QED) is 0.541. The minimum absolute atomic E-state index is 0.0909. The molecule has 0 bridgehead atoms. The Hall–Kier alpha value is -3.54. The van der Waals surface area contributed by atoms with Gasteiger partial charge >= 0.3 is 0 Å².